The maximum Gasteiger partial charge on any atom is 0.119 e. The standard InChI is InChI=1S/C20H23NO2/c1-22-17-6-8-19-14(10-17)12-21(16-4-3-5-16)13-15-11-18(23-2)7-9-20(15)19/h6-11,16H,3-5,12-13H2,1-2H3. The van der Waals surface area contributed by atoms with E-state index in [-0.39, 0.29) is 0 Å². The van der Waals surface area contributed by atoms with E-state index in [9.17, 15) is 0 Å². The molecule has 0 amide bonds. The summed E-state index contributed by atoms with van der Waals surface area (Å²) in [6.45, 7) is 1.99. The van der Waals surface area contributed by atoms with E-state index in [1.165, 1.54) is 41.5 Å². The summed E-state index contributed by atoms with van der Waals surface area (Å²) < 4.78 is 10.9. The van der Waals surface area contributed by atoms with Crippen molar-refractivity contribution >= 4 is 0 Å². The highest BCUT2D eigenvalue weighted by Crippen LogP contribution is 2.39. The number of methoxy groups -OCH3 is 2. The fourth-order valence-electron chi connectivity index (χ4n) is 3.68. The molecule has 2 aromatic rings. The number of hydrogen-bond acceptors (Lipinski definition) is 3. The number of rotatable bonds is 3. The van der Waals surface area contributed by atoms with Gasteiger partial charge < -0.3 is 9.47 Å². The maximum absolute atomic E-state index is 5.44. The lowest BCUT2D eigenvalue weighted by Gasteiger charge is -2.37. The minimum absolute atomic E-state index is 0.714. The van der Waals surface area contributed by atoms with Crippen LogP contribution in [0.4, 0.5) is 0 Å². The Hall–Kier alpha value is -2.00. The van der Waals surface area contributed by atoms with Crippen LogP contribution >= 0.6 is 0 Å². The first-order valence-corrected chi connectivity index (χ1v) is 8.37. The predicted molar refractivity (Wildman–Crippen MR) is 91.9 cm³/mol. The normalized spacial score (nSPS) is 17.7. The van der Waals surface area contributed by atoms with Gasteiger partial charge >= 0.3 is 0 Å². The number of ether oxygens (including phenoxy) is 2. The second-order valence-electron chi connectivity index (χ2n) is 6.54. The van der Waals surface area contributed by atoms with E-state index >= 15 is 0 Å². The summed E-state index contributed by atoms with van der Waals surface area (Å²) in [4.78, 5) is 2.62. The van der Waals surface area contributed by atoms with Gasteiger partial charge in [-0.05, 0) is 59.4 Å². The van der Waals surface area contributed by atoms with Crippen LogP contribution in [-0.4, -0.2) is 25.2 Å². The van der Waals surface area contributed by atoms with Crippen molar-refractivity contribution in [1.82, 2.24) is 4.90 Å². The SMILES string of the molecule is COc1ccc2c(c1)CN(C1CCC1)Cc1cc(OC)ccc1-2. The third-order valence-electron chi connectivity index (χ3n) is 5.25. The smallest absolute Gasteiger partial charge is 0.119 e. The van der Waals surface area contributed by atoms with Gasteiger partial charge in [-0.15, -0.1) is 0 Å². The first kappa shape index (κ1) is 14.6. The molecule has 1 saturated carbocycles. The van der Waals surface area contributed by atoms with Crippen molar-refractivity contribution < 1.29 is 9.47 Å². The minimum Gasteiger partial charge on any atom is -0.497 e. The van der Waals surface area contributed by atoms with Crippen LogP contribution in [0.1, 0.15) is 30.4 Å². The zero-order valence-electron chi connectivity index (χ0n) is 13.8. The summed E-state index contributed by atoms with van der Waals surface area (Å²) in [7, 11) is 3.47. The van der Waals surface area contributed by atoms with E-state index in [1.54, 1.807) is 14.2 Å². The van der Waals surface area contributed by atoms with Gasteiger partial charge in [-0.3, -0.25) is 4.90 Å². The zero-order valence-corrected chi connectivity index (χ0v) is 13.8. The first-order valence-electron chi connectivity index (χ1n) is 8.37. The van der Waals surface area contributed by atoms with Gasteiger partial charge in [0.15, 0.2) is 0 Å². The number of nitrogens with zero attached hydrogens (tertiary/aromatic N) is 1. The fourth-order valence-corrected chi connectivity index (χ4v) is 3.68. The Balaban J connectivity index is 1.83. The minimum atomic E-state index is 0.714. The highest BCUT2D eigenvalue weighted by molar-refractivity contribution is 5.73. The van der Waals surface area contributed by atoms with Gasteiger partial charge in [0.2, 0.25) is 0 Å². The Morgan fingerprint density at radius 2 is 1.35 bits per heavy atom. The lowest BCUT2D eigenvalue weighted by molar-refractivity contribution is 0.113. The van der Waals surface area contributed by atoms with Crippen molar-refractivity contribution in [3.05, 3.63) is 47.5 Å². The molecule has 120 valence electrons. The van der Waals surface area contributed by atoms with Crippen molar-refractivity contribution in [2.45, 2.75) is 38.4 Å². The highest BCUT2D eigenvalue weighted by Gasteiger charge is 2.29. The molecule has 0 N–H and O–H groups in total. The van der Waals surface area contributed by atoms with Crippen molar-refractivity contribution in [2.75, 3.05) is 14.2 Å². The van der Waals surface area contributed by atoms with Crippen LogP contribution in [0.25, 0.3) is 11.1 Å². The van der Waals surface area contributed by atoms with Crippen LogP contribution in [-0.2, 0) is 13.1 Å². The average Bonchev–Trinajstić information content (AvgIpc) is 2.68. The average molecular weight is 309 g/mol. The number of benzene rings is 2. The lowest BCUT2D eigenvalue weighted by Crippen LogP contribution is -2.38. The molecule has 0 atom stereocenters. The van der Waals surface area contributed by atoms with Gasteiger partial charge in [-0.25, -0.2) is 0 Å². The van der Waals surface area contributed by atoms with Crippen LogP contribution in [0.5, 0.6) is 11.5 Å². The molecule has 0 aromatic heterocycles. The molecule has 1 aliphatic heterocycles. The second kappa shape index (κ2) is 5.89. The van der Waals surface area contributed by atoms with Gasteiger partial charge in [0.05, 0.1) is 14.2 Å². The highest BCUT2D eigenvalue weighted by atomic mass is 16.5. The van der Waals surface area contributed by atoms with Crippen molar-refractivity contribution in [1.29, 1.82) is 0 Å². The molecule has 1 heterocycles. The van der Waals surface area contributed by atoms with Crippen LogP contribution in [0.2, 0.25) is 0 Å². The van der Waals surface area contributed by atoms with E-state index < -0.39 is 0 Å². The van der Waals surface area contributed by atoms with E-state index in [0.717, 1.165) is 24.6 Å². The molecule has 1 fully saturated rings. The lowest BCUT2D eigenvalue weighted by atomic mass is 9.91. The van der Waals surface area contributed by atoms with Gasteiger partial charge in [-0.1, -0.05) is 18.6 Å². The summed E-state index contributed by atoms with van der Waals surface area (Å²) in [5.74, 6) is 1.88. The third kappa shape index (κ3) is 2.59. The molecule has 4 rings (SSSR count). The van der Waals surface area contributed by atoms with Crippen LogP contribution < -0.4 is 9.47 Å². The van der Waals surface area contributed by atoms with E-state index in [4.69, 9.17) is 9.47 Å². The van der Waals surface area contributed by atoms with E-state index in [2.05, 4.69) is 41.3 Å². The van der Waals surface area contributed by atoms with Gasteiger partial charge in [0.1, 0.15) is 11.5 Å². The fraction of sp³-hybridized carbons (Fsp3) is 0.400. The van der Waals surface area contributed by atoms with Crippen LogP contribution in [0, 0.1) is 0 Å². The largest absolute Gasteiger partial charge is 0.497 e. The molecule has 23 heavy (non-hydrogen) atoms. The molecule has 2 aliphatic rings. The number of hydrogen-bond donors (Lipinski definition) is 0. The molecule has 0 unspecified atom stereocenters. The van der Waals surface area contributed by atoms with Gasteiger partial charge in [0, 0.05) is 19.1 Å². The summed E-state index contributed by atoms with van der Waals surface area (Å²) >= 11 is 0. The Morgan fingerprint density at radius 1 is 0.826 bits per heavy atom. The quantitative estimate of drug-likeness (QED) is 0.846. The molecule has 2 aromatic carbocycles. The summed E-state index contributed by atoms with van der Waals surface area (Å²) in [5.41, 5.74) is 5.37. The molecular weight excluding hydrogens is 286 g/mol. The van der Waals surface area contributed by atoms with Crippen molar-refractivity contribution in [2.24, 2.45) is 0 Å². The molecule has 0 radical (unpaired) electrons. The van der Waals surface area contributed by atoms with E-state index in [0.29, 0.717) is 6.04 Å². The summed E-state index contributed by atoms with van der Waals surface area (Å²) in [5, 5.41) is 0. The summed E-state index contributed by atoms with van der Waals surface area (Å²) in [6.07, 6.45) is 3.99. The first-order chi connectivity index (χ1) is 11.3. The molecule has 0 bridgehead atoms. The molecule has 0 spiro atoms. The van der Waals surface area contributed by atoms with Crippen molar-refractivity contribution in [3.63, 3.8) is 0 Å². The number of fused-ring (bicyclic) bond motifs is 3. The van der Waals surface area contributed by atoms with Crippen LogP contribution in [0.15, 0.2) is 36.4 Å². The molecular formula is C20H23NO2. The predicted octanol–water partition coefficient (Wildman–Crippen LogP) is 4.24. The Morgan fingerprint density at radius 3 is 1.74 bits per heavy atom. The third-order valence-corrected chi connectivity index (χ3v) is 5.25. The topological polar surface area (TPSA) is 21.7 Å². The Bertz CT molecular complexity index is 666. The molecule has 3 heteroatoms. The Kier molecular flexibility index (Phi) is 3.74. The summed E-state index contributed by atoms with van der Waals surface area (Å²) in [6, 6.07) is 13.6. The van der Waals surface area contributed by atoms with Gasteiger partial charge in [-0.2, -0.15) is 0 Å². The molecule has 1 aliphatic carbocycles. The van der Waals surface area contributed by atoms with E-state index in [1.807, 2.05) is 0 Å². The van der Waals surface area contributed by atoms with Gasteiger partial charge in [0.25, 0.3) is 0 Å². The molecule has 3 nitrogen and oxygen atoms in total. The zero-order chi connectivity index (χ0) is 15.8. The molecule has 0 saturated heterocycles. The Labute approximate surface area is 137 Å². The maximum atomic E-state index is 5.44. The monoisotopic (exact) mass is 309 g/mol. The van der Waals surface area contributed by atoms with Crippen molar-refractivity contribution in [3.8, 4) is 22.6 Å². The second-order valence-corrected chi connectivity index (χ2v) is 6.54. The van der Waals surface area contributed by atoms with Crippen LogP contribution in [0.3, 0.4) is 0 Å².